The van der Waals surface area contributed by atoms with Crippen LogP contribution in [0.3, 0.4) is 0 Å². The van der Waals surface area contributed by atoms with Crippen LogP contribution in [0.5, 0.6) is 0 Å². The van der Waals surface area contributed by atoms with Crippen molar-refractivity contribution in [1.29, 1.82) is 0 Å². The first kappa shape index (κ1) is 10.5. The van der Waals surface area contributed by atoms with Gasteiger partial charge in [-0.05, 0) is 33.2 Å². The van der Waals surface area contributed by atoms with E-state index in [9.17, 15) is 4.79 Å². The number of aromatic amines is 1. The van der Waals surface area contributed by atoms with Crippen molar-refractivity contribution in [3.8, 4) is 0 Å². The van der Waals surface area contributed by atoms with Gasteiger partial charge < -0.3 is 5.32 Å². The highest BCUT2D eigenvalue weighted by atomic mass is 16.1. The van der Waals surface area contributed by atoms with Crippen molar-refractivity contribution >= 4 is 5.78 Å². The number of H-pyrrole nitrogens is 1. The monoisotopic (exact) mass is 233 g/mol. The summed E-state index contributed by atoms with van der Waals surface area (Å²) in [5, 5.41) is 6.45. The summed E-state index contributed by atoms with van der Waals surface area (Å²) in [6.07, 6.45) is 2.13. The van der Waals surface area contributed by atoms with Gasteiger partial charge in [0.25, 0.3) is 11.3 Å². The fourth-order valence-electron chi connectivity index (χ4n) is 2.34. The average Bonchev–Trinajstić information content (AvgIpc) is 2.84. The molecule has 1 saturated heterocycles. The molecule has 3 rings (SSSR count). The van der Waals surface area contributed by atoms with Gasteiger partial charge in [-0.1, -0.05) is 0 Å². The van der Waals surface area contributed by atoms with Crippen LogP contribution >= 0.6 is 0 Å². The van der Waals surface area contributed by atoms with Crippen LogP contribution in [0.4, 0.5) is 0 Å². The summed E-state index contributed by atoms with van der Waals surface area (Å²) in [7, 11) is 0. The van der Waals surface area contributed by atoms with E-state index in [1.807, 2.05) is 0 Å². The first-order valence-electron chi connectivity index (χ1n) is 5.80. The van der Waals surface area contributed by atoms with Crippen LogP contribution in [-0.4, -0.2) is 26.1 Å². The molecule has 1 aliphatic rings. The van der Waals surface area contributed by atoms with Crippen LogP contribution in [0.2, 0.25) is 0 Å². The van der Waals surface area contributed by atoms with Gasteiger partial charge in [-0.15, -0.1) is 0 Å². The molecule has 1 atom stereocenters. The van der Waals surface area contributed by atoms with E-state index < -0.39 is 0 Å². The molecule has 2 N–H and O–H groups in total. The highest BCUT2D eigenvalue weighted by molar-refractivity contribution is 5.29. The molecule has 0 saturated carbocycles. The van der Waals surface area contributed by atoms with E-state index in [1.165, 1.54) is 10.6 Å². The summed E-state index contributed by atoms with van der Waals surface area (Å²) >= 11 is 0. The number of rotatable bonds is 1. The number of aromatic nitrogens is 4. The van der Waals surface area contributed by atoms with Gasteiger partial charge in [0, 0.05) is 11.8 Å². The van der Waals surface area contributed by atoms with Gasteiger partial charge in [-0.2, -0.15) is 9.50 Å². The molecule has 1 unspecified atom stereocenters. The molecule has 0 spiro atoms. The van der Waals surface area contributed by atoms with E-state index in [0.717, 1.165) is 25.2 Å². The minimum Gasteiger partial charge on any atom is -0.305 e. The Morgan fingerprint density at radius 1 is 1.47 bits per heavy atom. The Bertz CT molecular complexity index is 620. The molecule has 0 aliphatic carbocycles. The van der Waals surface area contributed by atoms with Gasteiger partial charge in [-0.25, -0.2) is 4.98 Å². The highest BCUT2D eigenvalue weighted by Crippen LogP contribution is 2.27. The molecule has 90 valence electrons. The summed E-state index contributed by atoms with van der Waals surface area (Å²) in [6.45, 7) is 4.87. The molecule has 0 bridgehead atoms. The smallest absolute Gasteiger partial charge is 0.274 e. The standard InChI is InChI=1S/C11H15N5O/c1-7-6-8(17)16-10(13-7)14-9(15-16)11(2)4-3-5-12-11/h6,12H,3-5H2,1-2H3,(H,13,14,15). The zero-order valence-electron chi connectivity index (χ0n) is 9.95. The van der Waals surface area contributed by atoms with Crippen LogP contribution in [0.1, 0.15) is 31.3 Å². The lowest BCUT2D eigenvalue weighted by Crippen LogP contribution is -2.34. The number of hydrogen-bond donors (Lipinski definition) is 2. The Labute approximate surface area is 98.1 Å². The maximum absolute atomic E-state index is 11.8. The quantitative estimate of drug-likeness (QED) is 0.744. The maximum Gasteiger partial charge on any atom is 0.274 e. The van der Waals surface area contributed by atoms with Crippen molar-refractivity contribution in [1.82, 2.24) is 24.9 Å². The molecule has 0 amide bonds. The third kappa shape index (κ3) is 1.56. The molecule has 1 aliphatic heterocycles. The first-order chi connectivity index (χ1) is 8.08. The lowest BCUT2D eigenvalue weighted by molar-refractivity contribution is 0.407. The molecular weight excluding hydrogens is 218 g/mol. The topological polar surface area (TPSA) is 75.1 Å². The Hall–Kier alpha value is -1.69. The third-order valence-electron chi connectivity index (χ3n) is 3.35. The molecule has 0 radical (unpaired) electrons. The summed E-state index contributed by atoms with van der Waals surface area (Å²) in [5.74, 6) is 1.23. The maximum atomic E-state index is 11.8. The SMILES string of the molecule is Cc1cc(=O)n2[nH]c(C3(C)CCCN3)nc2n1. The lowest BCUT2D eigenvalue weighted by Gasteiger charge is -2.20. The molecule has 1 fully saturated rings. The summed E-state index contributed by atoms with van der Waals surface area (Å²) in [5.41, 5.74) is 0.402. The van der Waals surface area contributed by atoms with Crippen molar-refractivity contribution < 1.29 is 0 Å². The van der Waals surface area contributed by atoms with Crippen molar-refractivity contribution in [3.63, 3.8) is 0 Å². The van der Waals surface area contributed by atoms with Crippen LogP contribution in [0.25, 0.3) is 5.78 Å². The third-order valence-corrected chi connectivity index (χ3v) is 3.35. The van der Waals surface area contributed by atoms with Gasteiger partial charge in [0.05, 0.1) is 5.54 Å². The molecule has 3 heterocycles. The van der Waals surface area contributed by atoms with Crippen molar-refractivity contribution in [2.45, 2.75) is 32.2 Å². The average molecular weight is 233 g/mol. The fourth-order valence-corrected chi connectivity index (χ4v) is 2.34. The van der Waals surface area contributed by atoms with Crippen molar-refractivity contribution in [2.24, 2.45) is 0 Å². The van der Waals surface area contributed by atoms with Crippen LogP contribution < -0.4 is 10.9 Å². The molecule has 6 heteroatoms. The molecule has 17 heavy (non-hydrogen) atoms. The zero-order chi connectivity index (χ0) is 12.0. The highest BCUT2D eigenvalue weighted by Gasteiger charge is 2.33. The summed E-state index contributed by atoms with van der Waals surface area (Å²) < 4.78 is 1.40. The molecular formula is C11H15N5O. The van der Waals surface area contributed by atoms with E-state index in [4.69, 9.17) is 0 Å². The van der Waals surface area contributed by atoms with E-state index in [-0.39, 0.29) is 11.1 Å². The minimum absolute atomic E-state index is 0.118. The Morgan fingerprint density at radius 2 is 2.29 bits per heavy atom. The number of fused-ring (bicyclic) bond motifs is 1. The molecule has 2 aromatic heterocycles. The predicted molar refractivity (Wildman–Crippen MR) is 62.9 cm³/mol. The molecule has 2 aromatic rings. The Morgan fingerprint density at radius 3 is 3.00 bits per heavy atom. The van der Waals surface area contributed by atoms with Gasteiger partial charge in [-0.3, -0.25) is 9.89 Å². The second-order valence-corrected chi connectivity index (χ2v) is 4.81. The van der Waals surface area contributed by atoms with E-state index in [1.54, 1.807) is 6.92 Å². The van der Waals surface area contributed by atoms with Gasteiger partial charge >= 0.3 is 0 Å². The van der Waals surface area contributed by atoms with Gasteiger partial charge in [0.15, 0.2) is 0 Å². The Kier molecular flexibility index (Phi) is 2.09. The summed E-state index contributed by atoms with van der Waals surface area (Å²) in [6, 6.07) is 1.50. The van der Waals surface area contributed by atoms with Crippen LogP contribution in [0, 0.1) is 6.92 Å². The second-order valence-electron chi connectivity index (χ2n) is 4.81. The fraction of sp³-hybridized carbons (Fsp3) is 0.545. The van der Waals surface area contributed by atoms with E-state index >= 15 is 0 Å². The van der Waals surface area contributed by atoms with Crippen LogP contribution in [-0.2, 0) is 5.54 Å². The second kappa shape index (κ2) is 3.40. The minimum atomic E-state index is -0.173. The normalized spacial score (nSPS) is 24.6. The van der Waals surface area contributed by atoms with E-state index in [0.29, 0.717) is 11.5 Å². The van der Waals surface area contributed by atoms with Crippen LogP contribution in [0.15, 0.2) is 10.9 Å². The van der Waals surface area contributed by atoms with Crippen molar-refractivity contribution in [3.05, 3.63) is 27.9 Å². The number of nitrogens with zero attached hydrogens (tertiary/aromatic N) is 3. The van der Waals surface area contributed by atoms with Crippen molar-refractivity contribution in [2.75, 3.05) is 6.54 Å². The zero-order valence-corrected chi connectivity index (χ0v) is 9.95. The Balaban J connectivity index is 2.20. The first-order valence-corrected chi connectivity index (χ1v) is 5.80. The molecule has 6 nitrogen and oxygen atoms in total. The number of hydrogen-bond acceptors (Lipinski definition) is 4. The predicted octanol–water partition coefficient (Wildman–Crippen LogP) is 0.325. The largest absolute Gasteiger partial charge is 0.305 e. The number of aryl methyl sites for hydroxylation is 1. The van der Waals surface area contributed by atoms with Gasteiger partial charge in [0.2, 0.25) is 0 Å². The van der Waals surface area contributed by atoms with E-state index in [2.05, 4.69) is 27.3 Å². The number of nitrogens with one attached hydrogen (secondary N) is 2. The van der Waals surface area contributed by atoms with Gasteiger partial charge in [0.1, 0.15) is 5.82 Å². The molecule has 0 aromatic carbocycles. The summed E-state index contributed by atoms with van der Waals surface area (Å²) in [4.78, 5) is 20.4. The lowest BCUT2D eigenvalue weighted by atomic mass is 10.00.